The number of esters is 3. The molecule has 1 aromatic rings. The molecule has 15 nitrogen and oxygen atoms in total. The molecule has 12 unspecified atom stereocenters. The van der Waals surface area contributed by atoms with Crippen molar-refractivity contribution in [1.29, 1.82) is 0 Å². The van der Waals surface area contributed by atoms with Gasteiger partial charge in [0.05, 0.1) is 32.0 Å². The fourth-order valence-electron chi connectivity index (χ4n) is 12.1. The van der Waals surface area contributed by atoms with Crippen molar-refractivity contribution in [2.45, 2.75) is 167 Å². The van der Waals surface area contributed by atoms with Crippen LogP contribution in [0.3, 0.4) is 0 Å². The van der Waals surface area contributed by atoms with E-state index < -0.39 is 90.3 Å². The third-order valence-electron chi connectivity index (χ3n) is 15.3. The number of aliphatic hydroxyl groups is 4. The number of rotatable bonds is 12. The van der Waals surface area contributed by atoms with E-state index in [0.29, 0.717) is 25.2 Å². The van der Waals surface area contributed by atoms with Gasteiger partial charge < -0.3 is 58.3 Å². The second kappa shape index (κ2) is 18.2. The van der Waals surface area contributed by atoms with Crippen LogP contribution in [0, 0.1) is 34.5 Å². The lowest BCUT2D eigenvalue weighted by atomic mass is 9.46. The van der Waals surface area contributed by atoms with E-state index in [0.717, 1.165) is 31.2 Å². The number of ether oxygens (including phenoxy) is 8. The number of benzene rings is 1. The molecule has 5 fully saturated rings. The molecule has 4 N–H and O–H groups in total. The third-order valence-corrected chi connectivity index (χ3v) is 15.3. The van der Waals surface area contributed by atoms with E-state index in [1.807, 2.05) is 37.3 Å². The predicted molar refractivity (Wildman–Crippen MR) is 216 cm³/mol. The zero-order valence-corrected chi connectivity index (χ0v) is 36.5. The van der Waals surface area contributed by atoms with Gasteiger partial charge in [-0.3, -0.25) is 14.4 Å². The maximum Gasteiger partial charge on any atom is 0.303 e. The summed E-state index contributed by atoms with van der Waals surface area (Å²) in [6.07, 6.45) is -4.73. The van der Waals surface area contributed by atoms with Gasteiger partial charge in [-0.2, -0.15) is 0 Å². The molecule has 2 aliphatic heterocycles. The summed E-state index contributed by atoms with van der Waals surface area (Å²) in [7, 11) is 0. The van der Waals surface area contributed by atoms with Crippen LogP contribution >= 0.6 is 0 Å². The Morgan fingerprint density at radius 3 is 2.16 bits per heavy atom. The number of carbonyl (C=O) groups excluding carboxylic acids is 3. The number of allylic oxidation sites excluding steroid dienone is 1. The van der Waals surface area contributed by atoms with Gasteiger partial charge in [0.1, 0.15) is 42.2 Å². The second-order valence-electron chi connectivity index (χ2n) is 18.9. The Labute approximate surface area is 358 Å². The van der Waals surface area contributed by atoms with Gasteiger partial charge in [-0.15, -0.1) is 0 Å². The average Bonchev–Trinajstić information content (AvgIpc) is 3.44. The minimum Gasteiger partial charge on any atom is -0.465 e. The lowest BCUT2D eigenvalue weighted by Gasteiger charge is -2.59. The van der Waals surface area contributed by atoms with Crippen LogP contribution in [0.5, 0.6) is 0 Å². The van der Waals surface area contributed by atoms with Crippen LogP contribution < -0.4 is 0 Å². The van der Waals surface area contributed by atoms with Crippen LogP contribution in [0.1, 0.15) is 105 Å². The van der Waals surface area contributed by atoms with Crippen LogP contribution in [0.15, 0.2) is 42.0 Å². The molecule has 0 bridgehead atoms. The molecule has 2 saturated heterocycles. The molecule has 61 heavy (non-hydrogen) atoms. The van der Waals surface area contributed by atoms with Crippen LogP contribution in [0.2, 0.25) is 0 Å². The molecule has 7 rings (SSSR count). The number of carbonyl (C=O) groups is 3. The Morgan fingerprint density at radius 1 is 0.820 bits per heavy atom. The second-order valence-corrected chi connectivity index (χ2v) is 18.9. The van der Waals surface area contributed by atoms with Crippen molar-refractivity contribution in [2.24, 2.45) is 34.5 Å². The van der Waals surface area contributed by atoms with E-state index in [1.165, 1.54) is 26.3 Å². The van der Waals surface area contributed by atoms with Gasteiger partial charge in [-0.05, 0) is 74.2 Å². The maximum absolute atomic E-state index is 13.3. The summed E-state index contributed by atoms with van der Waals surface area (Å²) >= 11 is 0. The van der Waals surface area contributed by atoms with Crippen LogP contribution in [0.25, 0.3) is 0 Å². The van der Waals surface area contributed by atoms with Gasteiger partial charge in [-0.25, -0.2) is 0 Å². The molecule has 0 amide bonds. The molecule has 2 heterocycles. The maximum atomic E-state index is 13.3. The molecule has 1 aromatic carbocycles. The molecule has 0 spiro atoms. The highest BCUT2D eigenvalue weighted by Crippen LogP contribution is 2.69. The average molecular weight is 859 g/mol. The van der Waals surface area contributed by atoms with Gasteiger partial charge in [0.25, 0.3) is 0 Å². The summed E-state index contributed by atoms with van der Waals surface area (Å²) < 4.78 is 48.6. The molecule has 340 valence electrons. The molecule has 3 saturated carbocycles. The van der Waals surface area contributed by atoms with Crippen LogP contribution in [0.4, 0.5) is 0 Å². The number of hydrogen-bond acceptors (Lipinski definition) is 15. The first-order valence-corrected chi connectivity index (χ1v) is 22.1. The van der Waals surface area contributed by atoms with E-state index >= 15 is 0 Å². The molecule has 0 aromatic heterocycles. The first kappa shape index (κ1) is 46.0. The van der Waals surface area contributed by atoms with Crippen molar-refractivity contribution in [3.63, 3.8) is 0 Å². The number of hydrogen-bond donors (Lipinski definition) is 4. The summed E-state index contributed by atoms with van der Waals surface area (Å²) in [6.45, 7) is 11.4. The predicted octanol–water partition coefficient (Wildman–Crippen LogP) is 4.06. The zero-order chi connectivity index (χ0) is 44.0. The van der Waals surface area contributed by atoms with Crippen LogP contribution in [-0.4, -0.2) is 125 Å². The summed E-state index contributed by atoms with van der Waals surface area (Å²) in [5.74, 6) is -1.55. The van der Waals surface area contributed by atoms with Gasteiger partial charge in [-0.1, -0.05) is 62.8 Å². The van der Waals surface area contributed by atoms with Gasteiger partial charge in [0, 0.05) is 38.5 Å². The smallest absolute Gasteiger partial charge is 0.303 e. The topological polar surface area (TPSA) is 206 Å². The van der Waals surface area contributed by atoms with Crippen molar-refractivity contribution >= 4 is 17.9 Å². The normalized spacial score (nSPS) is 43.1. The summed E-state index contributed by atoms with van der Waals surface area (Å²) in [5.41, 5.74) is -0.201. The molecule has 15 heteroatoms. The first-order valence-electron chi connectivity index (χ1n) is 22.1. The van der Waals surface area contributed by atoms with Gasteiger partial charge in [0.15, 0.2) is 18.7 Å². The fraction of sp³-hybridized carbons (Fsp3) is 0.761. The van der Waals surface area contributed by atoms with E-state index in [-0.39, 0.29) is 49.1 Å². The molecular formula is C46H66O15. The molecule has 4 aliphatic carbocycles. The Balaban J connectivity index is 1.17. The highest BCUT2D eigenvalue weighted by Gasteiger charge is 2.70. The SMILES string of the molecule is CC(=O)OC[C@@H](C)[C@@]1(O)[C@H](OC2OCC(O)C(OC3OCC(O)C(O)C3OC(C)c3ccccc3)C2OC(C)=O)CC2C3CC=C4C[C@@H](OC(C)=O)CC[C@]4(C)C3CC[C@@]21C. The van der Waals surface area contributed by atoms with Crippen molar-refractivity contribution < 1.29 is 72.7 Å². The van der Waals surface area contributed by atoms with Crippen LogP contribution in [-0.2, 0) is 52.3 Å². The quantitative estimate of drug-likeness (QED) is 0.133. The number of fused-ring (bicyclic) bond motifs is 5. The molecule has 0 radical (unpaired) electrons. The summed E-state index contributed by atoms with van der Waals surface area (Å²) in [4.78, 5) is 36.7. The standard InChI is InChI=1S/C46H66O15/c1-24(21-54-26(3)47)46(53)37(20-34-32-14-13-30-19-31(58-27(4)48)15-17-44(30,6)33(32)16-18-45(34,46)7)60-43-41(59-28(5)49)39(36(51)23-56-43)61-42-40(38(52)35(50)22-55-42)57-25(2)29-11-9-8-10-12-29/h8-13,24-25,31-43,50-53H,14-23H2,1-7H3/t24-,25?,31+,32?,33?,34?,35?,36?,37-,38?,39?,40?,41?,42?,43?,44+,45+,46-/m1/s1. The van der Waals surface area contributed by atoms with E-state index in [4.69, 9.17) is 37.9 Å². The third kappa shape index (κ3) is 8.80. The monoisotopic (exact) mass is 858 g/mol. The summed E-state index contributed by atoms with van der Waals surface area (Å²) in [6, 6.07) is 9.30. The largest absolute Gasteiger partial charge is 0.465 e. The van der Waals surface area contributed by atoms with Gasteiger partial charge >= 0.3 is 17.9 Å². The minimum absolute atomic E-state index is 0.0247. The first-order chi connectivity index (χ1) is 28.9. The highest BCUT2D eigenvalue weighted by molar-refractivity contribution is 5.66. The molecule has 6 aliphatic rings. The summed E-state index contributed by atoms with van der Waals surface area (Å²) in [5, 5.41) is 46.5. The van der Waals surface area contributed by atoms with E-state index in [2.05, 4.69) is 19.9 Å². The van der Waals surface area contributed by atoms with Crippen molar-refractivity contribution in [1.82, 2.24) is 0 Å². The number of aliphatic hydroxyl groups excluding tert-OH is 3. The van der Waals surface area contributed by atoms with Crippen molar-refractivity contribution in [3.8, 4) is 0 Å². The van der Waals surface area contributed by atoms with Crippen molar-refractivity contribution in [3.05, 3.63) is 47.5 Å². The Kier molecular flexibility index (Phi) is 13.8. The molecule has 18 atom stereocenters. The van der Waals surface area contributed by atoms with E-state index in [1.54, 1.807) is 6.92 Å². The Morgan fingerprint density at radius 2 is 1.49 bits per heavy atom. The molecular weight excluding hydrogens is 792 g/mol. The Bertz CT molecular complexity index is 1760. The van der Waals surface area contributed by atoms with Gasteiger partial charge in [0.2, 0.25) is 0 Å². The highest BCUT2D eigenvalue weighted by atomic mass is 16.7. The zero-order valence-electron chi connectivity index (χ0n) is 36.5. The lowest BCUT2D eigenvalue weighted by molar-refractivity contribution is -0.351. The van der Waals surface area contributed by atoms with E-state index in [9.17, 15) is 34.8 Å². The van der Waals surface area contributed by atoms with Crippen molar-refractivity contribution in [2.75, 3.05) is 19.8 Å². The lowest BCUT2D eigenvalue weighted by Crippen LogP contribution is -2.64. The minimum atomic E-state index is -1.55. The Hall–Kier alpha value is -2.99. The fourth-order valence-corrected chi connectivity index (χ4v) is 12.1.